The van der Waals surface area contributed by atoms with Crippen molar-refractivity contribution in [3.63, 3.8) is 0 Å². The highest BCUT2D eigenvalue weighted by Crippen LogP contribution is 2.34. The minimum Gasteiger partial charge on any atom is -0.457 e. The van der Waals surface area contributed by atoms with E-state index in [0.717, 1.165) is 20.3 Å². The van der Waals surface area contributed by atoms with E-state index in [2.05, 4.69) is 57.8 Å². The van der Waals surface area contributed by atoms with Crippen molar-refractivity contribution in [1.29, 1.82) is 5.26 Å². The molecule has 0 bridgehead atoms. The Morgan fingerprint density at radius 1 is 1.05 bits per heavy atom. The second kappa shape index (κ2) is 6.43. The summed E-state index contributed by atoms with van der Waals surface area (Å²) in [7, 11) is 0. The summed E-state index contributed by atoms with van der Waals surface area (Å²) in [5.41, 5.74) is 1.69. The molecule has 2 rings (SSSR count). The van der Waals surface area contributed by atoms with Crippen LogP contribution in [0.2, 0.25) is 0 Å². The van der Waals surface area contributed by atoms with E-state index in [0.29, 0.717) is 17.2 Å². The van der Waals surface area contributed by atoms with Gasteiger partial charge in [0.15, 0.2) is 0 Å². The van der Waals surface area contributed by atoms with E-state index in [-0.39, 0.29) is 0 Å². The van der Waals surface area contributed by atoms with Crippen LogP contribution in [0.25, 0.3) is 0 Å². The van der Waals surface area contributed by atoms with Crippen LogP contribution >= 0.6 is 31.9 Å². The summed E-state index contributed by atoms with van der Waals surface area (Å²) in [5.74, 6) is 1.82. The lowest BCUT2D eigenvalue weighted by molar-refractivity contribution is 0.472. The second-order valence-corrected chi connectivity index (χ2v) is 6.56. The molecule has 0 atom stereocenters. The largest absolute Gasteiger partial charge is 0.457 e. The average Bonchev–Trinajstić information content (AvgIpc) is 2.40. The molecule has 0 aliphatic carbocycles. The smallest absolute Gasteiger partial charge is 0.130 e. The van der Waals surface area contributed by atoms with Crippen LogP contribution in [0.5, 0.6) is 11.5 Å². The quantitative estimate of drug-likeness (QED) is 0.639. The Labute approximate surface area is 135 Å². The molecule has 0 unspecified atom stereocenters. The molecule has 0 aliphatic heterocycles. The first-order valence-electron chi connectivity index (χ1n) is 6.17. The van der Waals surface area contributed by atoms with E-state index in [1.165, 1.54) is 0 Å². The Hall–Kier alpha value is -1.31. The maximum Gasteiger partial charge on any atom is 0.130 e. The molecular formula is C16H13Br2NO. The van der Waals surface area contributed by atoms with E-state index < -0.39 is 0 Å². The van der Waals surface area contributed by atoms with Crippen molar-refractivity contribution in [2.75, 3.05) is 0 Å². The van der Waals surface area contributed by atoms with Gasteiger partial charge in [-0.2, -0.15) is 5.26 Å². The number of benzene rings is 2. The van der Waals surface area contributed by atoms with Crippen LogP contribution in [0.3, 0.4) is 0 Å². The number of nitriles is 1. The van der Waals surface area contributed by atoms with Crippen LogP contribution in [0.15, 0.2) is 45.3 Å². The average molecular weight is 395 g/mol. The molecule has 0 saturated heterocycles. The summed E-state index contributed by atoms with van der Waals surface area (Å²) in [4.78, 5) is 0. The highest BCUT2D eigenvalue weighted by Gasteiger charge is 2.10. The van der Waals surface area contributed by atoms with E-state index >= 15 is 0 Å². The predicted molar refractivity (Wildman–Crippen MR) is 87.2 cm³/mol. The standard InChI is InChI=1S/C16H13Br2NO/c1-10(2)15-8-12(17)3-4-16(15)20-14-6-11(9-19)5-13(18)7-14/h3-8,10H,1-2H3. The molecule has 0 saturated carbocycles. The van der Waals surface area contributed by atoms with Crippen molar-refractivity contribution in [2.45, 2.75) is 19.8 Å². The highest BCUT2D eigenvalue weighted by molar-refractivity contribution is 9.10. The van der Waals surface area contributed by atoms with Crippen LogP contribution < -0.4 is 4.74 Å². The molecular weight excluding hydrogens is 382 g/mol. The Morgan fingerprint density at radius 2 is 1.80 bits per heavy atom. The molecule has 0 amide bonds. The predicted octanol–water partition coefficient (Wildman–Crippen LogP) is 6.00. The minimum absolute atomic E-state index is 0.352. The van der Waals surface area contributed by atoms with Gasteiger partial charge >= 0.3 is 0 Å². The Bertz CT molecular complexity index is 675. The van der Waals surface area contributed by atoms with Crippen LogP contribution in [-0.2, 0) is 0 Å². The Balaban J connectivity index is 2.40. The van der Waals surface area contributed by atoms with Gasteiger partial charge in [-0.25, -0.2) is 0 Å². The molecule has 20 heavy (non-hydrogen) atoms. The van der Waals surface area contributed by atoms with Crippen molar-refractivity contribution >= 4 is 31.9 Å². The SMILES string of the molecule is CC(C)c1cc(Br)ccc1Oc1cc(Br)cc(C#N)c1. The first-order chi connectivity index (χ1) is 9.49. The van der Waals surface area contributed by atoms with Crippen molar-refractivity contribution in [3.05, 3.63) is 56.5 Å². The van der Waals surface area contributed by atoms with Gasteiger partial charge in [-0.1, -0.05) is 45.7 Å². The summed E-state index contributed by atoms with van der Waals surface area (Å²) in [6.07, 6.45) is 0. The molecule has 2 nitrogen and oxygen atoms in total. The number of hydrogen-bond donors (Lipinski definition) is 0. The van der Waals surface area contributed by atoms with E-state index in [1.54, 1.807) is 12.1 Å². The molecule has 2 aromatic carbocycles. The molecule has 2 aromatic rings. The fourth-order valence-electron chi connectivity index (χ4n) is 1.88. The molecule has 0 aromatic heterocycles. The van der Waals surface area contributed by atoms with Crippen LogP contribution in [0.1, 0.15) is 30.9 Å². The van der Waals surface area contributed by atoms with Gasteiger partial charge in [0.1, 0.15) is 11.5 Å². The lowest BCUT2D eigenvalue weighted by Crippen LogP contribution is -1.94. The van der Waals surface area contributed by atoms with Gasteiger partial charge in [-0.3, -0.25) is 0 Å². The van der Waals surface area contributed by atoms with Gasteiger partial charge in [-0.15, -0.1) is 0 Å². The van der Waals surface area contributed by atoms with Gasteiger partial charge < -0.3 is 4.74 Å². The van der Waals surface area contributed by atoms with Crippen LogP contribution in [-0.4, -0.2) is 0 Å². The molecule has 0 heterocycles. The fourth-order valence-corrected chi connectivity index (χ4v) is 2.73. The van der Waals surface area contributed by atoms with Crippen molar-refractivity contribution in [1.82, 2.24) is 0 Å². The topological polar surface area (TPSA) is 33.0 Å². The van der Waals surface area contributed by atoms with E-state index in [1.807, 2.05) is 18.2 Å². The van der Waals surface area contributed by atoms with Crippen LogP contribution in [0, 0.1) is 11.3 Å². The first kappa shape index (κ1) is 15.1. The number of halogens is 2. The number of hydrogen-bond acceptors (Lipinski definition) is 2. The molecule has 0 N–H and O–H groups in total. The normalized spacial score (nSPS) is 10.4. The third kappa shape index (κ3) is 3.62. The number of nitrogens with zero attached hydrogens (tertiary/aromatic N) is 1. The lowest BCUT2D eigenvalue weighted by Gasteiger charge is -2.14. The zero-order chi connectivity index (χ0) is 14.7. The minimum atomic E-state index is 0.352. The van der Waals surface area contributed by atoms with Gasteiger partial charge in [-0.05, 0) is 47.9 Å². The monoisotopic (exact) mass is 393 g/mol. The molecule has 0 radical (unpaired) electrons. The summed E-state index contributed by atoms with van der Waals surface area (Å²) in [6.45, 7) is 4.24. The highest BCUT2D eigenvalue weighted by atomic mass is 79.9. The first-order valence-corrected chi connectivity index (χ1v) is 7.76. The zero-order valence-electron chi connectivity index (χ0n) is 11.2. The molecule has 102 valence electrons. The summed E-state index contributed by atoms with van der Waals surface area (Å²) >= 11 is 6.87. The summed E-state index contributed by atoms with van der Waals surface area (Å²) in [5, 5.41) is 9.00. The summed E-state index contributed by atoms with van der Waals surface area (Å²) in [6, 6.07) is 13.4. The number of rotatable bonds is 3. The maximum absolute atomic E-state index is 9.00. The van der Waals surface area contributed by atoms with E-state index in [9.17, 15) is 0 Å². The maximum atomic E-state index is 9.00. The summed E-state index contributed by atoms with van der Waals surface area (Å²) < 4.78 is 7.80. The molecule has 0 spiro atoms. The third-order valence-electron chi connectivity index (χ3n) is 2.82. The van der Waals surface area contributed by atoms with Crippen molar-refractivity contribution < 1.29 is 4.74 Å². The van der Waals surface area contributed by atoms with Crippen molar-refractivity contribution in [3.8, 4) is 17.6 Å². The number of ether oxygens (including phenoxy) is 1. The molecule has 0 fully saturated rings. The molecule has 4 heteroatoms. The van der Waals surface area contributed by atoms with Gasteiger partial charge in [0.05, 0.1) is 11.6 Å². The second-order valence-electron chi connectivity index (χ2n) is 4.73. The fraction of sp³-hybridized carbons (Fsp3) is 0.188. The van der Waals surface area contributed by atoms with Gasteiger partial charge in [0, 0.05) is 8.95 Å². The van der Waals surface area contributed by atoms with Gasteiger partial charge in [0.2, 0.25) is 0 Å². The molecule has 0 aliphatic rings. The van der Waals surface area contributed by atoms with E-state index in [4.69, 9.17) is 10.00 Å². The lowest BCUT2D eigenvalue weighted by atomic mass is 10.0. The van der Waals surface area contributed by atoms with Gasteiger partial charge in [0.25, 0.3) is 0 Å². The Kier molecular flexibility index (Phi) is 4.85. The van der Waals surface area contributed by atoms with Crippen LogP contribution in [0.4, 0.5) is 0 Å². The third-order valence-corrected chi connectivity index (χ3v) is 3.77. The Morgan fingerprint density at radius 3 is 2.45 bits per heavy atom. The zero-order valence-corrected chi connectivity index (χ0v) is 14.3. The van der Waals surface area contributed by atoms with Crippen molar-refractivity contribution in [2.24, 2.45) is 0 Å².